The van der Waals surface area contributed by atoms with Crippen molar-refractivity contribution >= 4 is 21.9 Å². The number of halogens is 1. The van der Waals surface area contributed by atoms with Crippen molar-refractivity contribution in [3.05, 3.63) is 72.4 Å². The van der Waals surface area contributed by atoms with Crippen LogP contribution in [0.4, 0.5) is 4.39 Å². The van der Waals surface area contributed by atoms with Gasteiger partial charge in [0.05, 0.1) is 22.9 Å². The summed E-state index contributed by atoms with van der Waals surface area (Å²) in [5.41, 5.74) is 7.25. The zero-order chi connectivity index (χ0) is 20.9. The molecule has 6 aromatic rings. The summed E-state index contributed by atoms with van der Waals surface area (Å²) < 4.78 is 14.0. The maximum atomic E-state index is 14.0. The summed E-state index contributed by atoms with van der Waals surface area (Å²) >= 11 is 0. The second-order valence-corrected chi connectivity index (χ2v) is 7.48. The second kappa shape index (κ2) is 6.60. The van der Waals surface area contributed by atoms with E-state index in [0.717, 1.165) is 33.1 Å². The first-order valence-corrected chi connectivity index (χ1v) is 9.76. The minimum absolute atomic E-state index is 0.297. The van der Waals surface area contributed by atoms with E-state index in [-0.39, 0.29) is 5.82 Å². The standard InChI is InChI=1S/C23H16FN7/c1-12-6-14(8-16(24)7-12)20-22-19(4-5-25-20)28-23(29-22)21-17-9-13(15-10-26-27-11-15)2-3-18(17)30-31-21/h2-11H,1H3,(H,26,27)(H,28,29)(H,30,31). The van der Waals surface area contributed by atoms with Crippen molar-refractivity contribution in [2.24, 2.45) is 0 Å². The molecular weight excluding hydrogens is 393 g/mol. The second-order valence-electron chi connectivity index (χ2n) is 7.48. The fourth-order valence-electron chi connectivity index (χ4n) is 3.91. The van der Waals surface area contributed by atoms with Gasteiger partial charge in [-0.15, -0.1) is 0 Å². The first-order chi connectivity index (χ1) is 15.2. The normalized spacial score (nSPS) is 11.5. The van der Waals surface area contributed by atoms with Gasteiger partial charge in [0.2, 0.25) is 0 Å². The summed E-state index contributed by atoms with van der Waals surface area (Å²) in [6, 6.07) is 12.8. The van der Waals surface area contributed by atoms with E-state index in [2.05, 4.69) is 36.4 Å². The number of hydrogen-bond acceptors (Lipinski definition) is 4. The topological polar surface area (TPSA) is 98.9 Å². The Labute approximate surface area is 175 Å². The first kappa shape index (κ1) is 17.5. The van der Waals surface area contributed by atoms with E-state index < -0.39 is 0 Å². The number of aromatic nitrogens is 7. The van der Waals surface area contributed by atoms with Gasteiger partial charge >= 0.3 is 0 Å². The number of hydrogen-bond donors (Lipinski definition) is 3. The lowest BCUT2D eigenvalue weighted by molar-refractivity contribution is 0.627. The van der Waals surface area contributed by atoms with Gasteiger partial charge in [-0.25, -0.2) is 9.37 Å². The molecule has 4 aromatic heterocycles. The molecule has 0 amide bonds. The van der Waals surface area contributed by atoms with Gasteiger partial charge < -0.3 is 4.98 Å². The highest BCUT2D eigenvalue weighted by molar-refractivity contribution is 5.97. The number of aryl methyl sites for hydroxylation is 1. The van der Waals surface area contributed by atoms with Crippen LogP contribution in [0.1, 0.15) is 5.56 Å². The highest BCUT2D eigenvalue weighted by Gasteiger charge is 2.17. The van der Waals surface area contributed by atoms with Crippen LogP contribution in [0.3, 0.4) is 0 Å². The van der Waals surface area contributed by atoms with Crippen LogP contribution < -0.4 is 0 Å². The molecule has 0 saturated carbocycles. The zero-order valence-corrected chi connectivity index (χ0v) is 16.4. The fraction of sp³-hybridized carbons (Fsp3) is 0.0435. The van der Waals surface area contributed by atoms with Crippen LogP contribution >= 0.6 is 0 Å². The Kier molecular flexibility index (Phi) is 3.73. The van der Waals surface area contributed by atoms with Crippen LogP contribution in [0.15, 0.2) is 61.1 Å². The number of nitrogens with zero attached hydrogens (tertiary/aromatic N) is 4. The van der Waals surface area contributed by atoms with E-state index >= 15 is 0 Å². The highest BCUT2D eigenvalue weighted by Crippen LogP contribution is 2.32. The molecule has 4 heterocycles. The monoisotopic (exact) mass is 409 g/mol. The fourth-order valence-corrected chi connectivity index (χ4v) is 3.91. The average Bonchev–Trinajstić information content (AvgIpc) is 3.50. The molecule has 0 bridgehead atoms. The van der Waals surface area contributed by atoms with Crippen LogP contribution in [0, 0.1) is 12.7 Å². The van der Waals surface area contributed by atoms with Crippen LogP contribution in [-0.4, -0.2) is 35.3 Å². The molecule has 0 aliphatic rings. The number of aromatic amines is 3. The largest absolute Gasteiger partial charge is 0.336 e. The Morgan fingerprint density at radius 3 is 2.68 bits per heavy atom. The number of nitrogens with one attached hydrogen (secondary N) is 3. The Morgan fingerprint density at radius 1 is 0.903 bits per heavy atom. The van der Waals surface area contributed by atoms with E-state index in [1.807, 2.05) is 37.4 Å². The lowest BCUT2D eigenvalue weighted by atomic mass is 10.1. The molecule has 31 heavy (non-hydrogen) atoms. The Hall–Kier alpha value is -4.33. The summed E-state index contributed by atoms with van der Waals surface area (Å²) in [6.45, 7) is 1.86. The number of pyridine rings is 1. The summed E-state index contributed by atoms with van der Waals surface area (Å²) in [4.78, 5) is 12.6. The molecule has 150 valence electrons. The molecule has 0 fully saturated rings. The smallest absolute Gasteiger partial charge is 0.159 e. The molecule has 0 aliphatic heterocycles. The van der Waals surface area contributed by atoms with E-state index in [0.29, 0.717) is 28.3 Å². The third-order valence-electron chi connectivity index (χ3n) is 5.34. The Bertz CT molecular complexity index is 1540. The highest BCUT2D eigenvalue weighted by atomic mass is 19.1. The maximum absolute atomic E-state index is 14.0. The molecule has 0 aliphatic carbocycles. The van der Waals surface area contributed by atoms with Crippen LogP contribution in [0.2, 0.25) is 0 Å². The lowest BCUT2D eigenvalue weighted by Gasteiger charge is -2.03. The van der Waals surface area contributed by atoms with Crippen LogP contribution in [-0.2, 0) is 0 Å². The molecule has 8 heteroatoms. The SMILES string of the molecule is Cc1cc(F)cc(-c2nccc3[nH]c(-c4n[nH]c5ccc(-c6cn[nH]c6)cc45)nc23)c1. The van der Waals surface area contributed by atoms with Gasteiger partial charge in [0.1, 0.15) is 17.0 Å². The van der Waals surface area contributed by atoms with Crippen molar-refractivity contribution in [1.29, 1.82) is 0 Å². The number of rotatable bonds is 3. The van der Waals surface area contributed by atoms with E-state index in [9.17, 15) is 4.39 Å². The number of H-pyrrole nitrogens is 3. The molecular formula is C23H16FN7. The molecule has 7 nitrogen and oxygen atoms in total. The lowest BCUT2D eigenvalue weighted by Crippen LogP contribution is -1.88. The van der Waals surface area contributed by atoms with Gasteiger partial charge in [-0.3, -0.25) is 15.2 Å². The van der Waals surface area contributed by atoms with Gasteiger partial charge in [0.15, 0.2) is 5.82 Å². The zero-order valence-electron chi connectivity index (χ0n) is 16.4. The van der Waals surface area contributed by atoms with E-state index in [1.54, 1.807) is 12.4 Å². The molecule has 0 unspecified atom stereocenters. The van der Waals surface area contributed by atoms with Gasteiger partial charge in [-0.05, 0) is 54.4 Å². The van der Waals surface area contributed by atoms with Gasteiger partial charge in [0, 0.05) is 28.9 Å². The summed E-state index contributed by atoms with van der Waals surface area (Å²) in [5, 5.41) is 15.4. The van der Waals surface area contributed by atoms with Gasteiger partial charge in [0.25, 0.3) is 0 Å². The van der Waals surface area contributed by atoms with Crippen molar-refractivity contribution in [3.8, 4) is 33.9 Å². The Balaban J connectivity index is 1.53. The molecule has 0 spiro atoms. The molecule has 0 radical (unpaired) electrons. The van der Waals surface area contributed by atoms with Crippen molar-refractivity contribution in [3.63, 3.8) is 0 Å². The van der Waals surface area contributed by atoms with E-state index in [1.165, 1.54) is 12.1 Å². The molecule has 2 aromatic carbocycles. The van der Waals surface area contributed by atoms with E-state index in [4.69, 9.17) is 4.98 Å². The van der Waals surface area contributed by atoms with Crippen molar-refractivity contribution in [1.82, 2.24) is 35.3 Å². The summed E-state index contributed by atoms with van der Waals surface area (Å²) in [6.07, 6.45) is 5.32. The first-order valence-electron chi connectivity index (χ1n) is 9.76. The number of imidazole rings is 1. The van der Waals surface area contributed by atoms with Gasteiger partial charge in [-0.2, -0.15) is 10.2 Å². The van der Waals surface area contributed by atoms with Crippen LogP contribution in [0.5, 0.6) is 0 Å². The number of fused-ring (bicyclic) bond motifs is 2. The van der Waals surface area contributed by atoms with Crippen molar-refractivity contribution in [2.75, 3.05) is 0 Å². The third kappa shape index (κ3) is 2.88. The quantitative estimate of drug-likeness (QED) is 0.383. The average molecular weight is 409 g/mol. The molecule has 3 N–H and O–H groups in total. The third-order valence-corrected chi connectivity index (χ3v) is 5.34. The number of benzene rings is 2. The summed E-state index contributed by atoms with van der Waals surface area (Å²) in [7, 11) is 0. The predicted octanol–water partition coefficient (Wildman–Crippen LogP) is 5.01. The van der Waals surface area contributed by atoms with Crippen molar-refractivity contribution < 1.29 is 4.39 Å². The van der Waals surface area contributed by atoms with Crippen molar-refractivity contribution in [2.45, 2.75) is 6.92 Å². The molecule has 6 rings (SSSR count). The van der Waals surface area contributed by atoms with Crippen LogP contribution in [0.25, 0.3) is 55.8 Å². The molecule has 0 saturated heterocycles. The minimum atomic E-state index is -0.297. The summed E-state index contributed by atoms with van der Waals surface area (Å²) in [5.74, 6) is 0.322. The Morgan fingerprint density at radius 2 is 1.84 bits per heavy atom. The molecule has 0 atom stereocenters. The predicted molar refractivity (Wildman–Crippen MR) is 117 cm³/mol. The maximum Gasteiger partial charge on any atom is 0.159 e. The minimum Gasteiger partial charge on any atom is -0.336 e. The van der Waals surface area contributed by atoms with Gasteiger partial charge in [-0.1, -0.05) is 6.07 Å².